The van der Waals surface area contributed by atoms with Gasteiger partial charge < -0.3 is 19.5 Å². The second-order valence-electron chi connectivity index (χ2n) is 10.3. The summed E-state index contributed by atoms with van der Waals surface area (Å²) in [6, 6.07) is 0.0903. The van der Waals surface area contributed by atoms with Crippen LogP contribution < -0.4 is 10.7 Å². The van der Waals surface area contributed by atoms with Gasteiger partial charge in [0.15, 0.2) is 0 Å². The Hall–Kier alpha value is -2.15. The highest BCUT2D eigenvalue weighted by Crippen LogP contribution is 2.19. The summed E-state index contributed by atoms with van der Waals surface area (Å²) in [6.07, 6.45) is 18.4. The minimum absolute atomic E-state index is 0.0497. The number of pyridine rings is 1. The summed E-state index contributed by atoms with van der Waals surface area (Å²) in [6.45, 7) is 2.62. The highest BCUT2D eigenvalue weighted by atomic mass is 16.5. The number of likely N-dealkylation sites (tertiary alicyclic amines) is 1. The number of ether oxygens (including phenoxy) is 1. The van der Waals surface area contributed by atoms with Crippen molar-refractivity contribution < 1.29 is 14.3 Å². The maximum absolute atomic E-state index is 13.5. The predicted octanol–water partition coefficient (Wildman–Crippen LogP) is 4.28. The van der Waals surface area contributed by atoms with Gasteiger partial charge in [-0.15, -0.1) is 0 Å². The van der Waals surface area contributed by atoms with Gasteiger partial charge >= 0.3 is 0 Å². The first-order valence-corrected chi connectivity index (χ1v) is 13.6. The van der Waals surface area contributed by atoms with Crippen LogP contribution in [0.5, 0.6) is 0 Å². The van der Waals surface area contributed by atoms with Crippen LogP contribution in [0, 0.1) is 0 Å². The van der Waals surface area contributed by atoms with Gasteiger partial charge in [0.25, 0.3) is 11.8 Å². The lowest BCUT2D eigenvalue weighted by molar-refractivity contribution is 0.0737. The second kappa shape index (κ2) is 12.5. The number of hydrogen-bond acceptors (Lipinski definition) is 4. The number of nitrogens with one attached hydrogen (secondary N) is 1. The lowest BCUT2D eigenvalue weighted by Crippen LogP contribution is -2.41. The standard InChI is InChI=1S/C27H41N3O4/c31-25-23(26(32)28-21-12-7-3-1-4-8-13-21)19-29(18-22-14-11-17-34-22)20-24(25)27(33)30-15-9-5-2-6-10-16-30/h19-22H,1-18H2,(H,28,32)/t22-/m0/s1. The number of nitrogens with zero attached hydrogens (tertiary/aromatic N) is 2. The third-order valence-electron chi connectivity index (χ3n) is 7.58. The molecule has 1 saturated carbocycles. The van der Waals surface area contributed by atoms with Crippen molar-refractivity contribution in [3.63, 3.8) is 0 Å². The maximum Gasteiger partial charge on any atom is 0.259 e. The molecule has 7 heteroatoms. The number of aromatic nitrogens is 1. The van der Waals surface area contributed by atoms with Crippen molar-refractivity contribution >= 4 is 11.8 Å². The summed E-state index contributed by atoms with van der Waals surface area (Å²) >= 11 is 0. The number of carbonyl (C=O) groups is 2. The average Bonchev–Trinajstić information content (AvgIpc) is 3.29. The third kappa shape index (κ3) is 6.71. The lowest BCUT2D eigenvalue weighted by atomic mass is 9.96. The van der Waals surface area contributed by atoms with E-state index in [9.17, 15) is 14.4 Å². The predicted molar refractivity (Wildman–Crippen MR) is 132 cm³/mol. The molecule has 1 aromatic heterocycles. The molecule has 0 aromatic carbocycles. The van der Waals surface area contributed by atoms with Crippen LogP contribution in [0.2, 0.25) is 0 Å². The topological polar surface area (TPSA) is 80.6 Å². The van der Waals surface area contributed by atoms with E-state index in [1.165, 1.54) is 25.7 Å². The fraction of sp³-hybridized carbons (Fsp3) is 0.741. The van der Waals surface area contributed by atoms with Crippen LogP contribution in [0.1, 0.15) is 111 Å². The van der Waals surface area contributed by atoms with Crippen LogP contribution in [-0.4, -0.2) is 53.1 Å². The van der Waals surface area contributed by atoms with Crippen molar-refractivity contribution in [2.24, 2.45) is 0 Å². The van der Waals surface area contributed by atoms with E-state index in [1.807, 2.05) is 9.47 Å². The molecular formula is C27H41N3O4. The van der Waals surface area contributed by atoms with E-state index in [2.05, 4.69) is 5.32 Å². The van der Waals surface area contributed by atoms with Crippen LogP contribution in [0.25, 0.3) is 0 Å². The summed E-state index contributed by atoms with van der Waals surface area (Å²) in [7, 11) is 0. The zero-order valence-electron chi connectivity index (χ0n) is 20.6. The normalized spacial score (nSPS) is 22.9. The summed E-state index contributed by atoms with van der Waals surface area (Å²) < 4.78 is 7.62. The molecule has 0 radical (unpaired) electrons. The van der Waals surface area contributed by atoms with Crippen molar-refractivity contribution in [3.05, 3.63) is 33.7 Å². The van der Waals surface area contributed by atoms with Crippen LogP contribution >= 0.6 is 0 Å². The first-order chi connectivity index (χ1) is 16.6. The van der Waals surface area contributed by atoms with Crippen molar-refractivity contribution in [2.45, 2.75) is 109 Å². The molecule has 2 aliphatic heterocycles. The number of amides is 2. The Labute approximate surface area is 203 Å². The van der Waals surface area contributed by atoms with E-state index in [-0.39, 0.29) is 35.1 Å². The van der Waals surface area contributed by atoms with Gasteiger partial charge in [0, 0.05) is 44.7 Å². The Morgan fingerprint density at radius 3 is 2.09 bits per heavy atom. The van der Waals surface area contributed by atoms with Crippen LogP contribution in [0.15, 0.2) is 17.2 Å². The average molecular weight is 472 g/mol. The maximum atomic E-state index is 13.5. The Kier molecular flexibility index (Phi) is 9.19. The molecule has 34 heavy (non-hydrogen) atoms. The molecule has 0 spiro atoms. The van der Waals surface area contributed by atoms with Crippen LogP contribution in [-0.2, 0) is 11.3 Å². The number of carbonyl (C=O) groups excluding carboxylic acids is 2. The first-order valence-electron chi connectivity index (χ1n) is 13.6. The highest BCUT2D eigenvalue weighted by Gasteiger charge is 2.26. The molecule has 1 aliphatic carbocycles. The van der Waals surface area contributed by atoms with E-state index in [0.29, 0.717) is 19.6 Å². The number of hydrogen-bond donors (Lipinski definition) is 1. The van der Waals surface area contributed by atoms with Gasteiger partial charge in [-0.1, -0.05) is 51.4 Å². The summed E-state index contributed by atoms with van der Waals surface area (Å²) in [5, 5.41) is 3.12. The van der Waals surface area contributed by atoms with Gasteiger partial charge in [-0.25, -0.2) is 0 Å². The second-order valence-corrected chi connectivity index (χ2v) is 10.3. The van der Waals surface area contributed by atoms with E-state index < -0.39 is 5.43 Å². The van der Waals surface area contributed by atoms with Gasteiger partial charge in [0.05, 0.1) is 6.10 Å². The lowest BCUT2D eigenvalue weighted by Gasteiger charge is -2.25. The molecule has 4 rings (SSSR count). The molecule has 2 saturated heterocycles. The molecule has 1 atom stereocenters. The largest absolute Gasteiger partial charge is 0.376 e. The zero-order chi connectivity index (χ0) is 23.8. The van der Waals surface area contributed by atoms with Gasteiger partial charge in [-0.2, -0.15) is 0 Å². The zero-order valence-corrected chi connectivity index (χ0v) is 20.6. The molecule has 0 bridgehead atoms. The Bertz CT molecular complexity index is 874. The molecule has 0 unspecified atom stereocenters. The van der Waals surface area contributed by atoms with E-state index in [4.69, 9.17) is 4.74 Å². The van der Waals surface area contributed by atoms with Gasteiger partial charge in [0.1, 0.15) is 11.1 Å². The quantitative estimate of drug-likeness (QED) is 0.695. The molecule has 7 nitrogen and oxygen atoms in total. The summed E-state index contributed by atoms with van der Waals surface area (Å²) in [5.41, 5.74) is -0.249. The molecule has 3 fully saturated rings. The third-order valence-corrected chi connectivity index (χ3v) is 7.58. The minimum Gasteiger partial charge on any atom is -0.376 e. The smallest absolute Gasteiger partial charge is 0.259 e. The molecule has 3 heterocycles. The molecule has 3 aliphatic rings. The molecular weight excluding hydrogens is 430 g/mol. The van der Waals surface area contributed by atoms with Gasteiger partial charge in [0.2, 0.25) is 5.43 Å². The fourth-order valence-electron chi connectivity index (χ4n) is 5.56. The minimum atomic E-state index is -0.445. The van der Waals surface area contributed by atoms with E-state index in [1.54, 1.807) is 12.4 Å². The first kappa shape index (κ1) is 25.0. The summed E-state index contributed by atoms with van der Waals surface area (Å²) in [4.78, 5) is 42.0. The molecule has 1 aromatic rings. The van der Waals surface area contributed by atoms with E-state index in [0.717, 1.165) is 70.8 Å². The van der Waals surface area contributed by atoms with Gasteiger partial charge in [-0.05, 0) is 38.5 Å². The van der Waals surface area contributed by atoms with E-state index >= 15 is 0 Å². The fourth-order valence-corrected chi connectivity index (χ4v) is 5.56. The Morgan fingerprint density at radius 1 is 0.824 bits per heavy atom. The highest BCUT2D eigenvalue weighted by molar-refractivity contribution is 5.99. The van der Waals surface area contributed by atoms with Crippen molar-refractivity contribution in [1.82, 2.24) is 14.8 Å². The van der Waals surface area contributed by atoms with Crippen LogP contribution in [0.4, 0.5) is 0 Å². The molecule has 1 N–H and O–H groups in total. The van der Waals surface area contributed by atoms with Crippen molar-refractivity contribution in [1.29, 1.82) is 0 Å². The Balaban J connectivity index is 1.59. The monoisotopic (exact) mass is 471 g/mol. The van der Waals surface area contributed by atoms with Crippen molar-refractivity contribution in [3.8, 4) is 0 Å². The Morgan fingerprint density at radius 2 is 1.44 bits per heavy atom. The molecule has 2 amide bonds. The van der Waals surface area contributed by atoms with Gasteiger partial charge in [-0.3, -0.25) is 14.4 Å². The van der Waals surface area contributed by atoms with Crippen LogP contribution in [0.3, 0.4) is 0 Å². The molecule has 188 valence electrons. The SMILES string of the molecule is O=C(NC1CCCCCCC1)c1cn(C[C@@H]2CCCO2)cc(C(=O)N2CCCCCCC2)c1=O. The number of rotatable bonds is 5. The summed E-state index contributed by atoms with van der Waals surface area (Å²) in [5.74, 6) is -0.590. The van der Waals surface area contributed by atoms with Crippen molar-refractivity contribution in [2.75, 3.05) is 19.7 Å².